The molecule has 0 saturated carbocycles. The number of aromatic nitrogens is 1. The molecule has 2 heterocycles. The number of hydrogen-bond donors (Lipinski definition) is 3. The number of aliphatic hydroxyl groups is 1. The Balaban J connectivity index is 0.00000147. The van der Waals surface area contributed by atoms with Gasteiger partial charge in [-0.05, 0) is 30.5 Å². The number of methoxy groups -OCH3 is 1. The quantitative estimate of drug-likeness (QED) is 0.790. The Morgan fingerprint density at radius 2 is 2.20 bits per heavy atom. The average molecular weight is 297 g/mol. The highest BCUT2D eigenvalue weighted by Crippen LogP contribution is 2.35. The van der Waals surface area contributed by atoms with Gasteiger partial charge >= 0.3 is 0 Å². The highest BCUT2D eigenvalue weighted by Gasteiger charge is 2.19. The van der Waals surface area contributed by atoms with E-state index in [4.69, 9.17) is 4.74 Å². The van der Waals surface area contributed by atoms with Gasteiger partial charge in [0.05, 0.1) is 30.3 Å². The van der Waals surface area contributed by atoms with Gasteiger partial charge < -0.3 is 20.1 Å². The van der Waals surface area contributed by atoms with E-state index in [0.29, 0.717) is 11.3 Å². The second kappa shape index (κ2) is 5.73. The predicted octanol–water partition coefficient (Wildman–Crippen LogP) is 1.81. The first-order valence-corrected chi connectivity index (χ1v) is 6.35. The third-order valence-corrected chi connectivity index (χ3v) is 3.54. The Morgan fingerprint density at radius 1 is 1.40 bits per heavy atom. The van der Waals surface area contributed by atoms with Crippen molar-refractivity contribution in [3.8, 4) is 5.75 Å². The third kappa shape index (κ3) is 2.23. The van der Waals surface area contributed by atoms with E-state index in [9.17, 15) is 9.90 Å². The van der Waals surface area contributed by atoms with Crippen LogP contribution in [0.3, 0.4) is 0 Å². The maximum Gasteiger partial charge on any atom is 0.253 e. The Labute approximate surface area is 122 Å². The zero-order chi connectivity index (χ0) is 13.4. The van der Waals surface area contributed by atoms with Crippen LogP contribution in [0.5, 0.6) is 5.75 Å². The topological polar surface area (TPSA) is 74.3 Å². The van der Waals surface area contributed by atoms with Crippen molar-refractivity contribution in [3.63, 3.8) is 0 Å². The minimum absolute atomic E-state index is 0. The Kier molecular flexibility index (Phi) is 4.20. The van der Waals surface area contributed by atoms with Crippen molar-refractivity contribution in [3.05, 3.63) is 33.6 Å². The lowest BCUT2D eigenvalue weighted by Crippen LogP contribution is -2.22. The van der Waals surface area contributed by atoms with Gasteiger partial charge in [0, 0.05) is 12.1 Å². The molecular weight excluding hydrogens is 280 g/mol. The van der Waals surface area contributed by atoms with E-state index >= 15 is 0 Å². The summed E-state index contributed by atoms with van der Waals surface area (Å²) in [6, 6.07) is 3.59. The zero-order valence-corrected chi connectivity index (χ0v) is 12.0. The predicted molar refractivity (Wildman–Crippen MR) is 81.1 cm³/mol. The molecule has 1 aromatic heterocycles. The van der Waals surface area contributed by atoms with Gasteiger partial charge in [0.2, 0.25) is 0 Å². The molecule has 3 rings (SSSR count). The summed E-state index contributed by atoms with van der Waals surface area (Å²) >= 11 is 0. The Morgan fingerprint density at radius 3 is 2.90 bits per heavy atom. The molecule has 0 aliphatic carbocycles. The molecule has 6 heteroatoms. The van der Waals surface area contributed by atoms with E-state index in [2.05, 4.69) is 10.3 Å². The van der Waals surface area contributed by atoms with Gasteiger partial charge in [-0.15, -0.1) is 12.4 Å². The van der Waals surface area contributed by atoms with Gasteiger partial charge in [-0.25, -0.2) is 0 Å². The van der Waals surface area contributed by atoms with E-state index in [1.807, 2.05) is 0 Å². The fourth-order valence-electron chi connectivity index (χ4n) is 2.66. The van der Waals surface area contributed by atoms with Gasteiger partial charge in [0.25, 0.3) is 5.56 Å². The number of anilines is 1. The van der Waals surface area contributed by atoms with Gasteiger partial charge in [-0.1, -0.05) is 0 Å². The lowest BCUT2D eigenvalue weighted by atomic mass is 10.00. The van der Waals surface area contributed by atoms with Crippen LogP contribution in [0, 0.1) is 0 Å². The van der Waals surface area contributed by atoms with Crippen molar-refractivity contribution >= 4 is 29.0 Å². The fourth-order valence-corrected chi connectivity index (χ4v) is 2.66. The molecule has 20 heavy (non-hydrogen) atoms. The number of aliphatic hydroxyl groups excluding tert-OH is 1. The summed E-state index contributed by atoms with van der Waals surface area (Å²) in [7, 11) is 1.59. The van der Waals surface area contributed by atoms with Crippen LogP contribution in [0.15, 0.2) is 16.9 Å². The summed E-state index contributed by atoms with van der Waals surface area (Å²) in [6.07, 6.45) is 1.73. The molecule has 1 aromatic carbocycles. The summed E-state index contributed by atoms with van der Waals surface area (Å²) in [5.74, 6) is 0.670. The molecule has 0 amide bonds. The van der Waals surface area contributed by atoms with Crippen LogP contribution >= 0.6 is 12.4 Å². The van der Waals surface area contributed by atoms with Crippen LogP contribution < -0.4 is 15.6 Å². The maximum absolute atomic E-state index is 12.1. The smallest absolute Gasteiger partial charge is 0.253 e. The van der Waals surface area contributed by atoms with Crippen LogP contribution in [0.2, 0.25) is 0 Å². The largest absolute Gasteiger partial charge is 0.496 e. The highest BCUT2D eigenvalue weighted by molar-refractivity contribution is 5.98. The number of fused-ring (bicyclic) bond motifs is 3. The fraction of sp³-hybridized carbons (Fsp3) is 0.357. The standard InChI is InChI=1S/C14H16N2O3.ClH/c1-19-11-6-8(7-17)5-10-12(11)13-9(14(18)16-10)3-2-4-15-13;/h5-6,15,17H,2-4,7H2,1H3,(H,16,18);1H. The monoisotopic (exact) mass is 296 g/mol. The van der Waals surface area contributed by atoms with E-state index in [0.717, 1.165) is 41.6 Å². The number of halogens is 1. The van der Waals surface area contributed by atoms with Crippen molar-refractivity contribution in [2.45, 2.75) is 19.4 Å². The third-order valence-electron chi connectivity index (χ3n) is 3.54. The number of rotatable bonds is 2. The first kappa shape index (κ1) is 14.7. The lowest BCUT2D eigenvalue weighted by Gasteiger charge is -2.20. The molecule has 2 aromatic rings. The molecule has 0 radical (unpaired) electrons. The second-order valence-corrected chi connectivity index (χ2v) is 4.72. The van der Waals surface area contributed by atoms with Gasteiger partial charge in [-0.2, -0.15) is 0 Å². The molecule has 0 bridgehead atoms. The number of nitrogens with one attached hydrogen (secondary N) is 2. The van der Waals surface area contributed by atoms with E-state index in [1.54, 1.807) is 19.2 Å². The summed E-state index contributed by atoms with van der Waals surface area (Å²) < 4.78 is 5.40. The molecule has 0 fully saturated rings. The molecule has 1 aliphatic rings. The molecule has 0 atom stereocenters. The van der Waals surface area contributed by atoms with Gasteiger partial charge in [0.1, 0.15) is 5.75 Å². The molecule has 108 valence electrons. The molecule has 3 N–H and O–H groups in total. The van der Waals surface area contributed by atoms with Gasteiger partial charge in [0.15, 0.2) is 0 Å². The lowest BCUT2D eigenvalue weighted by molar-refractivity contribution is 0.281. The Bertz CT molecular complexity index is 697. The summed E-state index contributed by atoms with van der Waals surface area (Å²) in [4.78, 5) is 15.0. The van der Waals surface area contributed by atoms with E-state index in [-0.39, 0.29) is 24.6 Å². The molecule has 0 spiro atoms. The average Bonchev–Trinajstić information content (AvgIpc) is 2.46. The second-order valence-electron chi connectivity index (χ2n) is 4.72. The highest BCUT2D eigenvalue weighted by atomic mass is 35.5. The number of H-pyrrole nitrogens is 1. The number of ether oxygens (including phenoxy) is 1. The number of hydrogen-bond acceptors (Lipinski definition) is 4. The van der Waals surface area contributed by atoms with E-state index in [1.165, 1.54) is 0 Å². The Hall–Kier alpha value is -1.72. The molecule has 0 unspecified atom stereocenters. The van der Waals surface area contributed by atoms with Crippen LogP contribution in [-0.4, -0.2) is 23.7 Å². The normalized spacial score (nSPS) is 13.3. The molecular formula is C14H17ClN2O3. The minimum Gasteiger partial charge on any atom is -0.496 e. The van der Waals surface area contributed by atoms with Crippen molar-refractivity contribution < 1.29 is 9.84 Å². The van der Waals surface area contributed by atoms with Crippen molar-refractivity contribution in [1.29, 1.82) is 0 Å². The van der Waals surface area contributed by atoms with Crippen LogP contribution in [0.1, 0.15) is 17.5 Å². The van der Waals surface area contributed by atoms with Crippen LogP contribution in [-0.2, 0) is 13.0 Å². The molecule has 5 nitrogen and oxygen atoms in total. The van der Waals surface area contributed by atoms with Crippen LogP contribution in [0.4, 0.5) is 5.69 Å². The zero-order valence-electron chi connectivity index (χ0n) is 11.2. The molecule has 1 aliphatic heterocycles. The number of benzene rings is 1. The van der Waals surface area contributed by atoms with Crippen molar-refractivity contribution in [2.24, 2.45) is 0 Å². The maximum atomic E-state index is 12.1. The summed E-state index contributed by atoms with van der Waals surface area (Å²) in [6.45, 7) is 0.773. The van der Waals surface area contributed by atoms with Crippen molar-refractivity contribution in [2.75, 3.05) is 19.0 Å². The minimum atomic E-state index is -0.0845. The van der Waals surface area contributed by atoms with Crippen LogP contribution in [0.25, 0.3) is 10.9 Å². The molecule has 0 saturated heterocycles. The number of pyridine rings is 1. The number of aromatic amines is 1. The van der Waals surface area contributed by atoms with E-state index < -0.39 is 0 Å². The summed E-state index contributed by atoms with van der Waals surface area (Å²) in [5.41, 5.74) is 3.00. The summed E-state index contributed by atoms with van der Waals surface area (Å²) in [5, 5.41) is 13.4. The van der Waals surface area contributed by atoms with Gasteiger partial charge in [-0.3, -0.25) is 4.79 Å². The first-order valence-electron chi connectivity index (χ1n) is 6.35. The van der Waals surface area contributed by atoms with Crippen molar-refractivity contribution in [1.82, 2.24) is 4.98 Å². The first-order chi connectivity index (χ1) is 9.24. The SMILES string of the molecule is COc1cc(CO)cc2[nH]c(=O)c3c(c12)NCCC3.Cl.